The topological polar surface area (TPSA) is 109 Å². The SMILES string of the molecule is CCc1c(N2CCN(c3ncccc3O)CC2)c(=O)c2cn(-c3ccccc3)nc2n1CC(=O)Nc1ccc(C(F)(F)F)cc1Cl. The number of benzene rings is 2. The Hall–Kier alpha value is -5.04. The molecule has 5 aromatic rings. The average Bonchev–Trinajstić information content (AvgIpc) is 3.50. The van der Waals surface area contributed by atoms with Crippen molar-refractivity contribution in [3.63, 3.8) is 0 Å². The van der Waals surface area contributed by atoms with Crippen molar-refractivity contribution >= 4 is 45.7 Å². The van der Waals surface area contributed by atoms with Crippen LogP contribution in [0, 0.1) is 0 Å². The van der Waals surface area contributed by atoms with Gasteiger partial charge in [-0.1, -0.05) is 36.7 Å². The molecule has 46 heavy (non-hydrogen) atoms. The van der Waals surface area contributed by atoms with Crippen molar-refractivity contribution in [2.45, 2.75) is 26.1 Å². The van der Waals surface area contributed by atoms with Crippen LogP contribution in [0.25, 0.3) is 16.7 Å². The largest absolute Gasteiger partial charge is 0.504 e. The number of carbonyl (C=O) groups excluding carboxylic acids is 1. The summed E-state index contributed by atoms with van der Waals surface area (Å²) in [6.45, 7) is 3.47. The summed E-state index contributed by atoms with van der Waals surface area (Å²) in [6.07, 6.45) is -0.953. The second kappa shape index (κ2) is 12.4. The lowest BCUT2D eigenvalue weighted by molar-refractivity contribution is -0.137. The maximum atomic E-state index is 14.2. The van der Waals surface area contributed by atoms with Crippen LogP contribution in [0.2, 0.25) is 5.02 Å². The number of aromatic hydroxyl groups is 1. The van der Waals surface area contributed by atoms with Gasteiger partial charge in [-0.2, -0.15) is 13.2 Å². The number of nitrogens with zero attached hydrogens (tertiary/aromatic N) is 6. The predicted molar refractivity (Wildman–Crippen MR) is 170 cm³/mol. The van der Waals surface area contributed by atoms with Crippen LogP contribution in [0.1, 0.15) is 18.2 Å². The monoisotopic (exact) mass is 651 g/mol. The zero-order valence-corrected chi connectivity index (χ0v) is 25.4. The third-order valence-corrected chi connectivity index (χ3v) is 8.21. The van der Waals surface area contributed by atoms with E-state index in [1.54, 1.807) is 33.8 Å². The molecule has 4 heterocycles. The van der Waals surface area contributed by atoms with E-state index in [0.29, 0.717) is 66.5 Å². The lowest BCUT2D eigenvalue weighted by Crippen LogP contribution is -2.48. The first-order valence-corrected chi connectivity index (χ1v) is 14.9. The summed E-state index contributed by atoms with van der Waals surface area (Å²) in [5.74, 6) is -0.0214. The van der Waals surface area contributed by atoms with Gasteiger partial charge in [0.1, 0.15) is 12.2 Å². The molecular weight excluding hydrogens is 623 g/mol. The number of aromatic nitrogens is 4. The highest BCUT2D eigenvalue weighted by molar-refractivity contribution is 6.33. The Bertz CT molecular complexity index is 1970. The van der Waals surface area contributed by atoms with E-state index in [1.165, 1.54) is 0 Å². The summed E-state index contributed by atoms with van der Waals surface area (Å²) < 4.78 is 42.7. The Morgan fingerprint density at radius 3 is 2.39 bits per heavy atom. The third kappa shape index (κ3) is 5.97. The quantitative estimate of drug-likeness (QED) is 0.240. The molecule has 1 amide bonds. The number of amides is 1. The maximum Gasteiger partial charge on any atom is 0.416 e. The standard InChI is InChI=1S/C32H29ClF3N7O3/c1-2-25-28(40-13-15-41(16-14-40)31-26(44)9-6-12-37-31)29(46)22-18-43(21-7-4-3-5-8-21)39-30(22)42(25)19-27(45)38-24-11-10-20(17-23(24)33)32(34,35)36/h3-12,17-18,44H,2,13-16,19H2,1H3,(H,38,45). The highest BCUT2D eigenvalue weighted by Gasteiger charge is 2.31. The Morgan fingerprint density at radius 2 is 1.74 bits per heavy atom. The maximum absolute atomic E-state index is 14.2. The van der Waals surface area contributed by atoms with E-state index in [4.69, 9.17) is 16.7 Å². The first kappa shape index (κ1) is 31.0. The van der Waals surface area contributed by atoms with Gasteiger partial charge in [-0.05, 0) is 48.9 Å². The number of nitrogens with one attached hydrogen (secondary N) is 1. The molecule has 0 spiro atoms. The van der Waals surface area contributed by atoms with Crippen LogP contribution < -0.4 is 20.5 Å². The number of piperazine rings is 1. The fraction of sp³-hybridized carbons (Fsp3) is 0.250. The minimum absolute atomic E-state index is 0.0268. The van der Waals surface area contributed by atoms with E-state index in [1.807, 2.05) is 47.1 Å². The van der Waals surface area contributed by atoms with Gasteiger partial charge in [-0.15, -0.1) is 5.10 Å². The lowest BCUT2D eigenvalue weighted by atomic mass is 10.1. The van der Waals surface area contributed by atoms with Gasteiger partial charge in [-0.25, -0.2) is 9.67 Å². The summed E-state index contributed by atoms with van der Waals surface area (Å²) in [6, 6.07) is 15.2. The molecule has 2 aromatic carbocycles. The number of rotatable bonds is 7. The molecular formula is C32H29ClF3N7O3. The third-order valence-electron chi connectivity index (χ3n) is 7.90. The number of pyridine rings is 2. The zero-order chi connectivity index (χ0) is 32.6. The molecule has 1 fully saturated rings. The zero-order valence-electron chi connectivity index (χ0n) is 24.6. The first-order chi connectivity index (χ1) is 22.0. The van der Waals surface area contributed by atoms with E-state index in [-0.39, 0.29) is 28.4 Å². The molecule has 1 aliphatic rings. The smallest absolute Gasteiger partial charge is 0.416 e. The molecule has 238 valence electrons. The second-order valence-electron chi connectivity index (χ2n) is 10.8. The van der Waals surface area contributed by atoms with Crippen LogP contribution in [-0.2, 0) is 23.9 Å². The van der Waals surface area contributed by atoms with E-state index < -0.39 is 17.6 Å². The minimum Gasteiger partial charge on any atom is -0.504 e. The van der Waals surface area contributed by atoms with Gasteiger partial charge < -0.3 is 24.8 Å². The van der Waals surface area contributed by atoms with Crippen molar-refractivity contribution in [2.24, 2.45) is 0 Å². The van der Waals surface area contributed by atoms with Crippen molar-refractivity contribution < 1.29 is 23.1 Å². The van der Waals surface area contributed by atoms with Crippen LogP contribution in [0.5, 0.6) is 5.75 Å². The summed E-state index contributed by atoms with van der Waals surface area (Å²) in [5.41, 5.74) is 0.894. The Kier molecular flexibility index (Phi) is 8.34. The molecule has 0 radical (unpaired) electrons. The minimum atomic E-state index is -4.58. The molecule has 1 aliphatic heterocycles. The van der Waals surface area contributed by atoms with Crippen LogP contribution in [0.3, 0.4) is 0 Å². The number of para-hydroxylation sites is 1. The Labute approximate surface area is 266 Å². The normalized spacial score (nSPS) is 13.8. The molecule has 0 unspecified atom stereocenters. The van der Waals surface area contributed by atoms with Crippen LogP contribution in [0.4, 0.5) is 30.4 Å². The van der Waals surface area contributed by atoms with Crippen molar-refractivity contribution in [1.82, 2.24) is 19.3 Å². The van der Waals surface area contributed by atoms with Crippen molar-refractivity contribution in [3.8, 4) is 11.4 Å². The predicted octanol–water partition coefficient (Wildman–Crippen LogP) is 5.49. The van der Waals surface area contributed by atoms with Gasteiger partial charge in [0.05, 0.1) is 27.3 Å². The molecule has 2 N–H and O–H groups in total. The fourth-order valence-corrected chi connectivity index (χ4v) is 5.93. The van der Waals surface area contributed by atoms with Crippen molar-refractivity contribution in [1.29, 1.82) is 0 Å². The molecule has 0 aliphatic carbocycles. The molecule has 6 rings (SSSR count). The van der Waals surface area contributed by atoms with E-state index in [2.05, 4.69) is 10.3 Å². The Balaban J connectivity index is 1.38. The molecule has 1 saturated heterocycles. The summed E-state index contributed by atoms with van der Waals surface area (Å²) in [7, 11) is 0. The first-order valence-electron chi connectivity index (χ1n) is 14.6. The summed E-state index contributed by atoms with van der Waals surface area (Å²) in [4.78, 5) is 35.8. The summed E-state index contributed by atoms with van der Waals surface area (Å²) in [5, 5.41) is 17.7. The van der Waals surface area contributed by atoms with E-state index >= 15 is 0 Å². The van der Waals surface area contributed by atoms with Gasteiger partial charge in [0.15, 0.2) is 17.2 Å². The number of halogens is 4. The van der Waals surface area contributed by atoms with Crippen LogP contribution >= 0.6 is 11.6 Å². The number of alkyl halides is 3. The number of fused-ring (bicyclic) bond motifs is 1. The van der Waals surface area contributed by atoms with Gasteiger partial charge in [0.2, 0.25) is 11.3 Å². The van der Waals surface area contributed by atoms with Crippen molar-refractivity contribution in [3.05, 3.63) is 99.6 Å². The fourth-order valence-electron chi connectivity index (χ4n) is 5.71. The van der Waals surface area contributed by atoms with Gasteiger partial charge in [0.25, 0.3) is 0 Å². The second-order valence-corrected chi connectivity index (χ2v) is 11.2. The number of hydrogen-bond donors (Lipinski definition) is 2. The highest BCUT2D eigenvalue weighted by atomic mass is 35.5. The summed E-state index contributed by atoms with van der Waals surface area (Å²) >= 11 is 6.11. The van der Waals surface area contributed by atoms with Gasteiger partial charge >= 0.3 is 6.18 Å². The van der Waals surface area contributed by atoms with Crippen molar-refractivity contribution in [2.75, 3.05) is 41.3 Å². The van der Waals surface area contributed by atoms with E-state index in [0.717, 1.165) is 18.2 Å². The average molecular weight is 652 g/mol. The van der Waals surface area contributed by atoms with Crippen LogP contribution in [-0.4, -0.2) is 56.5 Å². The molecule has 0 saturated carbocycles. The molecule has 14 heteroatoms. The number of carbonyl (C=O) groups is 1. The van der Waals surface area contributed by atoms with E-state index in [9.17, 15) is 27.9 Å². The van der Waals surface area contributed by atoms with Gasteiger partial charge in [-0.3, -0.25) is 9.59 Å². The van der Waals surface area contributed by atoms with Crippen LogP contribution in [0.15, 0.2) is 77.9 Å². The van der Waals surface area contributed by atoms with Gasteiger partial charge in [0, 0.05) is 44.3 Å². The Morgan fingerprint density at radius 1 is 1.02 bits per heavy atom. The number of anilines is 3. The highest BCUT2D eigenvalue weighted by Crippen LogP contribution is 2.34. The number of hydrogen-bond acceptors (Lipinski definition) is 7. The molecule has 0 atom stereocenters. The molecule has 10 nitrogen and oxygen atoms in total. The molecule has 0 bridgehead atoms. The lowest BCUT2D eigenvalue weighted by Gasteiger charge is -2.37. The molecule has 3 aromatic heterocycles.